The van der Waals surface area contributed by atoms with Gasteiger partial charge in [-0.25, -0.2) is 0 Å². The van der Waals surface area contributed by atoms with Gasteiger partial charge in [0.1, 0.15) is 17.4 Å². The highest BCUT2D eigenvalue weighted by molar-refractivity contribution is 6.14. The van der Waals surface area contributed by atoms with Gasteiger partial charge >= 0.3 is 11.9 Å². The van der Waals surface area contributed by atoms with Crippen LogP contribution in [0.3, 0.4) is 0 Å². The molecule has 4 nitrogen and oxygen atoms in total. The largest absolute Gasteiger partial charge is 0.458 e. The fourth-order valence-electron chi connectivity index (χ4n) is 5.94. The molecule has 3 aromatic carbocycles. The first kappa shape index (κ1) is 17.0. The Labute approximate surface area is 168 Å². The average Bonchev–Trinajstić information content (AvgIpc) is 3.21. The number of cyclic esters (lactones) is 1. The van der Waals surface area contributed by atoms with E-state index < -0.39 is 17.4 Å². The van der Waals surface area contributed by atoms with Crippen LogP contribution in [0.5, 0.6) is 0 Å². The van der Waals surface area contributed by atoms with Gasteiger partial charge in [0.25, 0.3) is 0 Å². The summed E-state index contributed by atoms with van der Waals surface area (Å²) in [7, 11) is 0. The maximum atomic E-state index is 13.5. The summed E-state index contributed by atoms with van der Waals surface area (Å²) in [5.41, 5.74) is 1.11. The SMILES string of the molecule is CCCC[C@H]1OC(=O)[C@@H]2[C@H]1OC(=O)[C@]21Cc2c3ccccc3c1c1ccccc21. The van der Waals surface area contributed by atoms with E-state index in [9.17, 15) is 9.59 Å². The smallest absolute Gasteiger partial charge is 0.318 e. The molecular formula is C25H22O4. The molecule has 2 saturated heterocycles. The van der Waals surface area contributed by atoms with E-state index in [0.717, 1.165) is 51.9 Å². The molecule has 2 heterocycles. The van der Waals surface area contributed by atoms with Crippen molar-refractivity contribution in [3.8, 4) is 0 Å². The van der Waals surface area contributed by atoms with Crippen molar-refractivity contribution in [2.75, 3.05) is 0 Å². The Morgan fingerprint density at radius 2 is 1.55 bits per heavy atom. The molecule has 2 fully saturated rings. The van der Waals surface area contributed by atoms with Gasteiger partial charge in [-0.1, -0.05) is 61.9 Å². The van der Waals surface area contributed by atoms with Crippen molar-refractivity contribution in [2.45, 2.75) is 50.2 Å². The molecule has 0 radical (unpaired) electrons. The maximum absolute atomic E-state index is 13.5. The summed E-state index contributed by atoms with van der Waals surface area (Å²) >= 11 is 0. The third-order valence-electron chi connectivity index (χ3n) is 7.14. The predicted molar refractivity (Wildman–Crippen MR) is 110 cm³/mol. The predicted octanol–water partition coefficient (Wildman–Crippen LogP) is 4.44. The first-order valence-corrected chi connectivity index (χ1v) is 10.5. The molecule has 146 valence electrons. The zero-order valence-electron chi connectivity index (χ0n) is 16.3. The van der Waals surface area contributed by atoms with E-state index in [1.165, 1.54) is 0 Å². The molecule has 0 aromatic heterocycles. The van der Waals surface area contributed by atoms with Crippen molar-refractivity contribution in [1.82, 2.24) is 0 Å². The van der Waals surface area contributed by atoms with Crippen molar-refractivity contribution in [1.29, 1.82) is 0 Å². The Morgan fingerprint density at radius 3 is 2.17 bits per heavy atom. The number of hydrogen-bond donors (Lipinski definition) is 0. The normalized spacial score (nSPS) is 29.6. The van der Waals surface area contributed by atoms with E-state index in [1.54, 1.807) is 0 Å². The molecule has 2 aliphatic heterocycles. The summed E-state index contributed by atoms with van der Waals surface area (Å²) in [4.78, 5) is 26.5. The summed E-state index contributed by atoms with van der Waals surface area (Å²) in [5.74, 6) is -1.11. The van der Waals surface area contributed by atoms with Crippen LogP contribution in [0.15, 0.2) is 48.5 Å². The lowest BCUT2D eigenvalue weighted by Crippen LogP contribution is -2.46. The van der Waals surface area contributed by atoms with Gasteiger partial charge in [0.2, 0.25) is 0 Å². The number of carbonyl (C=O) groups is 2. The minimum absolute atomic E-state index is 0.262. The molecule has 0 saturated carbocycles. The highest BCUT2D eigenvalue weighted by Crippen LogP contribution is 2.58. The third kappa shape index (κ3) is 1.99. The Kier molecular flexibility index (Phi) is 3.41. The van der Waals surface area contributed by atoms with Crippen LogP contribution in [-0.2, 0) is 30.9 Å². The van der Waals surface area contributed by atoms with E-state index >= 15 is 0 Å². The van der Waals surface area contributed by atoms with Gasteiger partial charge in [-0.2, -0.15) is 0 Å². The number of ether oxygens (including phenoxy) is 2. The molecule has 3 aromatic rings. The summed E-state index contributed by atoms with van der Waals surface area (Å²) in [5, 5.41) is 4.43. The minimum Gasteiger partial charge on any atom is -0.458 e. The number of fused-ring (bicyclic) bond motifs is 1. The summed E-state index contributed by atoms with van der Waals surface area (Å²) in [6.45, 7) is 2.11. The highest BCUT2D eigenvalue weighted by Gasteiger charge is 2.69. The third-order valence-corrected chi connectivity index (χ3v) is 7.14. The standard InChI is InChI=1S/C25H22O4/c1-2-3-12-19-22-21(23(26)28-19)25(24(27)29-22)13-18-14-8-4-6-10-16(14)20(25)17-11-7-5-9-15(17)18/h4-11,19,21-22H,2-3,12-13H2,1H3/t19-,21+,22+,25+/m1/s1. The Balaban J connectivity index is 1.63. The molecule has 4 aliphatic rings. The van der Waals surface area contributed by atoms with Crippen molar-refractivity contribution in [3.05, 3.63) is 59.7 Å². The lowest BCUT2D eigenvalue weighted by molar-refractivity contribution is -0.157. The molecule has 4 heteroatoms. The van der Waals surface area contributed by atoms with Crippen LogP contribution < -0.4 is 0 Å². The summed E-state index contributed by atoms with van der Waals surface area (Å²) in [6, 6.07) is 16.4. The number of rotatable bonds is 3. The van der Waals surface area contributed by atoms with Crippen LogP contribution in [0.2, 0.25) is 0 Å². The van der Waals surface area contributed by atoms with Crippen LogP contribution in [0.25, 0.3) is 21.5 Å². The number of carbonyl (C=O) groups excluding carboxylic acids is 2. The number of esters is 2. The first-order valence-electron chi connectivity index (χ1n) is 10.5. The van der Waals surface area contributed by atoms with Gasteiger partial charge in [-0.05, 0) is 51.9 Å². The van der Waals surface area contributed by atoms with E-state index in [4.69, 9.17) is 9.47 Å². The van der Waals surface area contributed by atoms with Crippen LogP contribution in [0.4, 0.5) is 0 Å². The quantitative estimate of drug-likeness (QED) is 0.493. The van der Waals surface area contributed by atoms with E-state index in [1.807, 2.05) is 24.3 Å². The maximum Gasteiger partial charge on any atom is 0.318 e. The van der Waals surface area contributed by atoms with Crippen molar-refractivity contribution < 1.29 is 19.1 Å². The topological polar surface area (TPSA) is 52.6 Å². The molecule has 2 aliphatic carbocycles. The zero-order chi connectivity index (χ0) is 19.8. The molecular weight excluding hydrogens is 364 g/mol. The number of benzene rings is 3. The molecule has 0 unspecified atom stereocenters. The van der Waals surface area contributed by atoms with E-state index in [2.05, 4.69) is 31.2 Å². The van der Waals surface area contributed by atoms with Gasteiger partial charge in [0, 0.05) is 0 Å². The molecule has 1 spiro atoms. The molecule has 7 rings (SSSR count). The van der Waals surface area contributed by atoms with Crippen LogP contribution in [0, 0.1) is 5.92 Å². The highest BCUT2D eigenvalue weighted by atomic mass is 16.6. The molecule has 0 amide bonds. The minimum atomic E-state index is -0.971. The Bertz CT molecular complexity index is 1140. The summed E-state index contributed by atoms with van der Waals surface area (Å²) in [6.07, 6.45) is 2.41. The van der Waals surface area contributed by atoms with Crippen LogP contribution in [0.1, 0.15) is 37.3 Å². The van der Waals surface area contributed by atoms with Crippen molar-refractivity contribution in [2.24, 2.45) is 5.92 Å². The molecule has 0 N–H and O–H groups in total. The molecule has 4 atom stereocenters. The fourth-order valence-corrected chi connectivity index (χ4v) is 5.94. The van der Waals surface area contributed by atoms with Gasteiger partial charge < -0.3 is 9.47 Å². The monoisotopic (exact) mass is 386 g/mol. The molecule has 2 bridgehead atoms. The van der Waals surface area contributed by atoms with E-state index in [0.29, 0.717) is 6.42 Å². The van der Waals surface area contributed by atoms with Gasteiger partial charge in [0.15, 0.2) is 6.10 Å². The van der Waals surface area contributed by atoms with Gasteiger partial charge in [-0.15, -0.1) is 0 Å². The summed E-state index contributed by atoms with van der Waals surface area (Å²) < 4.78 is 11.7. The fraction of sp³-hybridized carbons (Fsp3) is 0.360. The second-order valence-electron chi connectivity index (χ2n) is 8.56. The number of unbranched alkanes of at least 4 members (excludes halogenated alkanes) is 1. The van der Waals surface area contributed by atoms with Crippen molar-refractivity contribution in [3.63, 3.8) is 0 Å². The number of hydrogen-bond acceptors (Lipinski definition) is 4. The Morgan fingerprint density at radius 1 is 0.931 bits per heavy atom. The van der Waals surface area contributed by atoms with Crippen molar-refractivity contribution >= 4 is 33.5 Å². The van der Waals surface area contributed by atoms with Gasteiger partial charge in [-0.3, -0.25) is 9.59 Å². The lowest BCUT2D eigenvalue weighted by atomic mass is 9.59. The second kappa shape index (κ2) is 5.82. The zero-order valence-corrected chi connectivity index (χ0v) is 16.3. The molecule has 29 heavy (non-hydrogen) atoms. The van der Waals surface area contributed by atoms with Crippen LogP contribution in [-0.4, -0.2) is 24.1 Å². The van der Waals surface area contributed by atoms with Crippen LogP contribution >= 0.6 is 0 Å². The first-order chi connectivity index (χ1) is 14.2. The average molecular weight is 386 g/mol. The second-order valence-corrected chi connectivity index (χ2v) is 8.56. The van der Waals surface area contributed by atoms with E-state index in [-0.39, 0.29) is 18.0 Å². The Hall–Kier alpha value is -2.88. The lowest BCUT2D eigenvalue weighted by Gasteiger charge is -2.38. The van der Waals surface area contributed by atoms with Gasteiger partial charge in [0.05, 0.1) is 0 Å².